The van der Waals surface area contributed by atoms with E-state index in [2.05, 4.69) is 15.0 Å². The molecule has 3 aromatic rings. The van der Waals surface area contributed by atoms with Crippen LogP contribution in [0.2, 0.25) is 0 Å². The normalized spacial score (nSPS) is 12.9. The van der Waals surface area contributed by atoms with Gasteiger partial charge in [0.05, 0.1) is 15.9 Å². The summed E-state index contributed by atoms with van der Waals surface area (Å²) >= 11 is 0. The Kier molecular flexibility index (Phi) is 7.01. The number of rotatable bonds is 9. The van der Waals surface area contributed by atoms with Gasteiger partial charge in [-0.3, -0.25) is 9.36 Å². The third-order valence-corrected chi connectivity index (χ3v) is 6.44. The Bertz CT molecular complexity index is 1160. The number of carbonyl (C=O) groups is 1. The summed E-state index contributed by atoms with van der Waals surface area (Å²) in [5.74, 6) is -0.410. The van der Waals surface area contributed by atoms with Gasteiger partial charge >= 0.3 is 6.55 Å². The number of para-hydroxylation sites is 2. The van der Waals surface area contributed by atoms with Gasteiger partial charge in [0.2, 0.25) is 15.9 Å². The summed E-state index contributed by atoms with van der Waals surface area (Å²) in [6.07, 6.45) is 0.617. The zero-order valence-electron chi connectivity index (χ0n) is 17.2. The molecule has 2 N–H and O–H groups in total. The predicted molar refractivity (Wildman–Crippen MR) is 113 cm³/mol. The van der Waals surface area contributed by atoms with Gasteiger partial charge in [-0.25, -0.2) is 18.1 Å². The minimum Gasteiger partial charge on any atom is -0.355 e. The molecule has 1 atom stereocenters. The van der Waals surface area contributed by atoms with Crippen LogP contribution in [0.1, 0.15) is 37.2 Å². The molecule has 3 rings (SSSR count). The fourth-order valence-electron chi connectivity index (χ4n) is 3.27. The first-order valence-corrected chi connectivity index (χ1v) is 11.3. The van der Waals surface area contributed by atoms with Gasteiger partial charge < -0.3 is 5.32 Å². The van der Waals surface area contributed by atoms with Gasteiger partial charge in [0, 0.05) is 18.9 Å². The Morgan fingerprint density at radius 3 is 2.45 bits per heavy atom. The van der Waals surface area contributed by atoms with Gasteiger partial charge in [-0.1, -0.05) is 31.2 Å². The van der Waals surface area contributed by atoms with E-state index >= 15 is 0 Å². The van der Waals surface area contributed by atoms with Crippen molar-refractivity contribution >= 4 is 27.0 Å². The topological polar surface area (TPSA) is 93.1 Å². The number of nitrogens with zero attached hydrogens (tertiary/aromatic N) is 2. The molecule has 7 nitrogen and oxygen atoms in total. The maximum Gasteiger partial charge on any atom is 0.320 e. The number of fused-ring (bicyclic) bond motifs is 1. The van der Waals surface area contributed by atoms with Crippen LogP contribution < -0.4 is 10.0 Å². The molecule has 0 saturated heterocycles. The third-order valence-electron chi connectivity index (χ3n) is 5.01. The van der Waals surface area contributed by atoms with Crippen LogP contribution in [-0.2, 0) is 21.2 Å². The molecule has 0 radical (unpaired) electrons. The average molecular weight is 451 g/mol. The largest absolute Gasteiger partial charge is 0.355 e. The van der Waals surface area contributed by atoms with Gasteiger partial charge in [0.1, 0.15) is 5.82 Å². The number of sulfonamides is 1. The number of benzene rings is 2. The van der Waals surface area contributed by atoms with E-state index < -0.39 is 22.5 Å². The fourth-order valence-corrected chi connectivity index (χ4v) is 4.00. The lowest BCUT2D eigenvalue weighted by Crippen LogP contribution is -2.28. The van der Waals surface area contributed by atoms with Crippen LogP contribution in [-0.4, -0.2) is 37.5 Å². The van der Waals surface area contributed by atoms with Crippen molar-refractivity contribution in [3.63, 3.8) is 0 Å². The van der Waals surface area contributed by atoms with E-state index in [-0.39, 0.29) is 29.6 Å². The summed E-state index contributed by atoms with van der Waals surface area (Å²) in [6, 6.07) is 13.0. The number of hydrogen-bond acceptors (Lipinski definition) is 4. The highest BCUT2D eigenvalue weighted by atomic mass is 32.2. The monoisotopic (exact) mass is 450 g/mol. The molecule has 1 heterocycles. The van der Waals surface area contributed by atoms with Crippen molar-refractivity contribution in [2.24, 2.45) is 0 Å². The van der Waals surface area contributed by atoms with E-state index in [1.807, 2.05) is 0 Å². The Hall–Kier alpha value is -2.85. The van der Waals surface area contributed by atoms with E-state index in [0.717, 1.165) is 10.1 Å². The molecule has 166 valence electrons. The molecule has 10 heteroatoms. The van der Waals surface area contributed by atoms with E-state index in [1.165, 1.54) is 19.2 Å². The molecule has 0 aliphatic carbocycles. The summed E-state index contributed by atoms with van der Waals surface area (Å²) in [5, 5.41) is 2.76. The summed E-state index contributed by atoms with van der Waals surface area (Å²) in [4.78, 5) is 16.7. The van der Waals surface area contributed by atoms with Crippen molar-refractivity contribution in [1.82, 2.24) is 19.6 Å². The summed E-state index contributed by atoms with van der Waals surface area (Å²) in [5.41, 5.74) is 1.66. The van der Waals surface area contributed by atoms with Gasteiger partial charge in [0.25, 0.3) is 0 Å². The zero-order valence-corrected chi connectivity index (χ0v) is 18.0. The second-order valence-electron chi connectivity index (χ2n) is 7.16. The van der Waals surface area contributed by atoms with Crippen molar-refractivity contribution in [3.8, 4) is 0 Å². The highest BCUT2D eigenvalue weighted by molar-refractivity contribution is 7.89. The first-order valence-electron chi connectivity index (χ1n) is 9.77. The Morgan fingerprint density at radius 2 is 1.81 bits per heavy atom. The van der Waals surface area contributed by atoms with Crippen LogP contribution in [0.15, 0.2) is 53.4 Å². The first kappa shape index (κ1) is 22.8. The molecule has 1 amide bonds. The fraction of sp³-hybridized carbons (Fsp3) is 0.333. The number of aryl methyl sites for hydroxylation is 1. The number of hydrogen-bond donors (Lipinski definition) is 2. The van der Waals surface area contributed by atoms with Crippen molar-refractivity contribution < 1.29 is 22.0 Å². The lowest BCUT2D eigenvalue weighted by atomic mass is 10.1. The molecule has 0 aliphatic heterocycles. The SMILES string of the molecule is CNS(=O)(=O)c1ccc(CCC(=O)NCC(C)c2nc3ccccc3n2C(F)F)cc1. The highest BCUT2D eigenvalue weighted by Crippen LogP contribution is 2.27. The number of amides is 1. The maximum atomic E-state index is 13.6. The Morgan fingerprint density at radius 1 is 1.13 bits per heavy atom. The van der Waals surface area contributed by atoms with E-state index in [0.29, 0.717) is 17.5 Å². The van der Waals surface area contributed by atoms with E-state index in [9.17, 15) is 22.0 Å². The minimum atomic E-state index is -3.50. The van der Waals surface area contributed by atoms with Gasteiger partial charge in [0.15, 0.2) is 0 Å². The zero-order chi connectivity index (χ0) is 22.6. The van der Waals surface area contributed by atoms with Crippen molar-refractivity contribution in [2.75, 3.05) is 13.6 Å². The van der Waals surface area contributed by atoms with Crippen LogP contribution in [0.25, 0.3) is 11.0 Å². The molecule has 1 unspecified atom stereocenters. The second-order valence-corrected chi connectivity index (χ2v) is 9.05. The predicted octanol–water partition coefficient (Wildman–Crippen LogP) is 3.19. The van der Waals surface area contributed by atoms with Crippen molar-refractivity contribution in [2.45, 2.75) is 37.1 Å². The van der Waals surface area contributed by atoms with Crippen LogP contribution in [0, 0.1) is 0 Å². The number of imidazole rings is 1. The molecule has 1 aromatic heterocycles. The van der Waals surface area contributed by atoms with Crippen LogP contribution in [0.5, 0.6) is 0 Å². The second kappa shape index (κ2) is 9.52. The smallest absolute Gasteiger partial charge is 0.320 e. The molecule has 0 spiro atoms. The summed E-state index contributed by atoms with van der Waals surface area (Å²) in [7, 11) is -2.16. The lowest BCUT2D eigenvalue weighted by molar-refractivity contribution is -0.121. The van der Waals surface area contributed by atoms with Gasteiger partial charge in [-0.05, 0) is 43.3 Å². The van der Waals surface area contributed by atoms with Crippen molar-refractivity contribution in [3.05, 3.63) is 59.9 Å². The molecule has 31 heavy (non-hydrogen) atoms. The highest BCUT2D eigenvalue weighted by Gasteiger charge is 2.22. The van der Waals surface area contributed by atoms with Crippen molar-refractivity contribution in [1.29, 1.82) is 0 Å². The number of nitrogens with one attached hydrogen (secondary N) is 2. The van der Waals surface area contributed by atoms with Crippen LogP contribution >= 0.6 is 0 Å². The average Bonchev–Trinajstić information content (AvgIpc) is 3.16. The number of aromatic nitrogens is 2. The van der Waals surface area contributed by atoms with Gasteiger partial charge in [-0.2, -0.15) is 8.78 Å². The van der Waals surface area contributed by atoms with E-state index in [4.69, 9.17) is 0 Å². The lowest BCUT2D eigenvalue weighted by Gasteiger charge is -2.15. The van der Waals surface area contributed by atoms with Crippen LogP contribution in [0.3, 0.4) is 0 Å². The summed E-state index contributed by atoms with van der Waals surface area (Å²) < 4.78 is 53.8. The maximum absolute atomic E-state index is 13.6. The number of halogens is 2. The number of alkyl halides is 2. The van der Waals surface area contributed by atoms with Crippen LogP contribution in [0.4, 0.5) is 8.78 Å². The molecule has 0 bridgehead atoms. The van der Waals surface area contributed by atoms with Gasteiger partial charge in [-0.15, -0.1) is 0 Å². The molecule has 0 aliphatic rings. The Balaban J connectivity index is 1.58. The van der Waals surface area contributed by atoms with E-state index in [1.54, 1.807) is 43.3 Å². The first-order chi connectivity index (χ1) is 14.7. The summed E-state index contributed by atoms with van der Waals surface area (Å²) in [6.45, 7) is -0.814. The quantitative estimate of drug-likeness (QED) is 0.524. The molecule has 0 saturated carbocycles. The molecule has 2 aromatic carbocycles. The number of carbonyl (C=O) groups excluding carboxylic acids is 1. The molecular formula is C21H24F2N4O3S. The third kappa shape index (κ3) is 5.26. The molecular weight excluding hydrogens is 426 g/mol. The Labute approximate surface area is 179 Å². The molecule has 0 fully saturated rings. The minimum absolute atomic E-state index is 0.152. The standard InChI is InChI=1S/C21H24F2N4O3S/c1-14(20-26-17-5-3-4-6-18(17)27(20)21(22)23)13-25-19(28)12-9-15-7-10-16(11-8-15)31(29,30)24-2/h3-8,10-11,14,21,24H,9,12-13H2,1-2H3,(H,25,28).